The largest absolute Gasteiger partial charge is 0.360 e. The topological polar surface area (TPSA) is 61.4 Å². The van der Waals surface area contributed by atoms with E-state index in [9.17, 15) is 4.79 Å². The van der Waals surface area contributed by atoms with Gasteiger partial charge in [-0.15, -0.1) is 10.2 Å². The number of nitrogens with zero attached hydrogens (tertiary/aromatic N) is 4. The Kier molecular flexibility index (Phi) is 4.70. The van der Waals surface area contributed by atoms with Crippen molar-refractivity contribution in [2.75, 3.05) is 38.0 Å². The average Bonchev–Trinajstić information content (AvgIpc) is 3.00. The molecule has 1 amide bonds. The van der Waals surface area contributed by atoms with Crippen molar-refractivity contribution >= 4 is 22.4 Å². The quantitative estimate of drug-likeness (QED) is 0.917. The fourth-order valence-electron chi connectivity index (χ4n) is 3.09. The fourth-order valence-corrected chi connectivity index (χ4v) is 3.83. The smallest absolute Gasteiger partial charge is 0.285 e. The number of fused-ring (bicyclic) bond motifs is 1. The molecule has 116 valence electrons. The van der Waals surface area contributed by atoms with E-state index in [4.69, 9.17) is 0 Å². The van der Waals surface area contributed by atoms with Crippen molar-refractivity contribution in [1.29, 1.82) is 0 Å². The van der Waals surface area contributed by atoms with Crippen molar-refractivity contribution in [2.45, 2.75) is 38.6 Å². The number of nitrogens with one attached hydrogen (secondary N) is 1. The number of aromatic nitrogens is 2. The lowest BCUT2D eigenvalue weighted by molar-refractivity contribution is 0.0371. The van der Waals surface area contributed by atoms with Gasteiger partial charge in [0.05, 0.1) is 0 Å². The van der Waals surface area contributed by atoms with Gasteiger partial charge >= 0.3 is 0 Å². The minimum absolute atomic E-state index is 0.0438. The van der Waals surface area contributed by atoms with Gasteiger partial charge < -0.3 is 10.2 Å². The Bertz CT molecular complexity index is 491. The van der Waals surface area contributed by atoms with E-state index in [0.29, 0.717) is 11.0 Å². The van der Waals surface area contributed by atoms with Crippen LogP contribution in [0, 0.1) is 0 Å². The molecular formula is C14H23N5OS. The van der Waals surface area contributed by atoms with E-state index in [1.54, 1.807) is 0 Å². The maximum Gasteiger partial charge on any atom is 0.285 e. The predicted molar refractivity (Wildman–Crippen MR) is 83.8 cm³/mol. The van der Waals surface area contributed by atoms with Crippen LogP contribution in [0.15, 0.2) is 0 Å². The fraction of sp³-hybridized carbons (Fsp3) is 0.786. The highest BCUT2D eigenvalue weighted by atomic mass is 32.1. The van der Waals surface area contributed by atoms with Gasteiger partial charge in [0.1, 0.15) is 0 Å². The number of piperidine rings is 1. The van der Waals surface area contributed by atoms with E-state index in [0.717, 1.165) is 37.7 Å². The predicted octanol–water partition coefficient (Wildman–Crippen LogP) is 1.67. The lowest BCUT2D eigenvalue weighted by atomic mass is 9.99. The second kappa shape index (κ2) is 6.70. The Labute approximate surface area is 129 Å². The number of anilines is 1. The summed E-state index contributed by atoms with van der Waals surface area (Å²) in [5, 5.41) is 12.5. The van der Waals surface area contributed by atoms with Crippen molar-refractivity contribution in [3.63, 3.8) is 0 Å². The molecule has 1 unspecified atom stereocenters. The van der Waals surface area contributed by atoms with Crippen LogP contribution in [0.1, 0.15) is 42.4 Å². The molecule has 21 heavy (non-hydrogen) atoms. The zero-order valence-electron chi connectivity index (χ0n) is 12.5. The first-order chi connectivity index (χ1) is 10.3. The zero-order valence-corrected chi connectivity index (χ0v) is 13.4. The van der Waals surface area contributed by atoms with Gasteiger partial charge in [0.25, 0.3) is 5.91 Å². The molecule has 2 aliphatic rings. The lowest BCUT2D eigenvalue weighted by Gasteiger charge is -2.43. The van der Waals surface area contributed by atoms with Gasteiger partial charge in [-0.3, -0.25) is 9.69 Å². The van der Waals surface area contributed by atoms with Crippen molar-refractivity contribution in [2.24, 2.45) is 0 Å². The summed E-state index contributed by atoms with van der Waals surface area (Å²) in [6.07, 6.45) is 4.83. The van der Waals surface area contributed by atoms with Gasteiger partial charge in [-0.25, -0.2) is 0 Å². The highest BCUT2D eigenvalue weighted by Crippen LogP contribution is 2.23. The molecule has 0 saturated carbocycles. The Balaban J connectivity index is 1.61. The summed E-state index contributed by atoms with van der Waals surface area (Å²) >= 11 is 1.37. The molecule has 0 aromatic carbocycles. The minimum atomic E-state index is 0.0438. The number of amides is 1. The molecule has 1 aromatic rings. The van der Waals surface area contributed by atoms with E-state index in [-0.39, 0.29) is 5.91 Å². The van der Waals surface area contributed by atoms with Crippen LogP contribution in [-0.4, -0.2) is 64.7 Å². The first-order valence-electron chi connectivity index (χ1n) is 7.88. The first-order valence-corrected chi connectivity index (χ1v) is 8.70. The first kappa shape index (κ1) is 14.7. The van der Waals surface area contributed by atoms with E-state index >= 15 is 0 Å². The van der Waals surface area contributed by atoms with Crippen LogP contribution >= 0.6 is 11.3 Å². The molecule has 2 aliphatic heterocycles. The van der Waals surface area contributed by atoms with Crippen LogP contribution in [0.5, 0.6) is 0 Å². The molecule has 0 bridgehead atoms. The normalized spacial score (nSPS) is 22.9. The van der Waals surface area contributed by atoms with Crippen molar-refractivity contribution < 1.29 is 4.79 Å². The van der Waals surface area contributed by atoms with Gasteiger partial charge in [-0.05, 0) is 25.8 Å². The molecule has 0 radical (unpaired) electrons. The Morgan fingerprint density at radius 3 is 3.10 bits per heavy atom. The van der Waals surface area contributed by atoms with Gasteiger partial charge in [-0.1, -0.05) is 24.7 Å². The van der Waals surface area contributed by atoms with Crippen molar-refractivity contribution in [3.05, 3.63) is 5.01 Å². The third-order valence-electron chi connectivity index (χ3n) is 4.26. The van der Waals surface area contributed by atoms with E-state index in [1.807, 2.05) is 4.90 Å². The Morgan fingerprint density at radius 1 is 1.33 bits per heavy atom. The van der Waals surface area contributed by atoms with Crippen molar-refractivity contribution in [3.8, 4) is 0 Å². The minimum Gasteiger partial charge on any atom is -0.360 e. The van der Waals surface area contributed by atoms with Crippen LogP contribution < -0.4 is 5.32 Å². The summed E-state index contributed by atoms with van der Waals surface area (Å²) < 4.78 is 0. The Hall–Kier alpha value is -1.21. The van der Waals surface area contributed by atoms with Crippen molar-refractivity contribution in [1.82, 2.24) is 20.0 Å². The summed E-state index contributed by atoms with van der Waals surface area (Å²) in [5.74, 6) is 0.0438. The number of carbonyl (C=O) groups excluding carboxylic acids is 1. The van der Waals surface area contributed by atoms with E-state index in [1.165, 1.54) is 37.1 Å². The van der Waals surface area contributed by atoms with Crippen LogP contribution in [0.4, 0.5) is 5.13 Å². The summed E-state index contributed by atoms with van der Waals surface area (Å²) in [6, 6.07) is 0.544. The molecule has 3 rings (SSSR count). The second-order valence-electron chi connectivity index (χ2n) is 5.78. The third kappa shape index (κ3) is 3.35. The number of rotatable bonds is 4. The number of hydrogen-bond donors (Lipinski definition) is 1. The molecule has 3 heterocycles. The monoisotopic (exact) mass is 309 g/mol. The van der Waals surface area contributed by atoms with Crippen LogP contribution in [0.25, 0.3) is 0 Å². The summed E-state index contributed by atoms with van der Waals surface area (Å²) in [4.78, 5) is 17.0. The number of piperazine rings is 1. The van der Waals surface area contributed by atoms with E-state index in [2.05, 4.69) is 27.3 Å². The summed E-state index contributed by atoms with van der Waals surface area (Å²) in [5.41, 5.74) is 0. The molecule has 6 nitrogen and oxygen atoms in total. The summed E-state index contributed by atoms with van der Waals surface area (Å²) in [6.45, 7) is 6.81. The molecule has 2 saturated heterocycles. The lowest BCUT2D eigenvalue weighted by Crippen LogP contribution is -2.56. The Morgan fingerprint density at radius 2 is 2.24 bits per heavy atom. The standard InChI is InChI=1S/C14H23N5OS/c1-2-6-15-14-17-16-12(21-14)13(20)19-9-8-18-7-4-3-5-11(18)10-19/h11H,2-10H2,1H3,(H,15,17). The molecule has 2 fully saturated rings. The highest BCUT2D eigenvalue weighted by molar-refractivity contribution is 7.17. The van der Waals surface area contributed by atoms with Crippen LogP contribution in [0.3, 0.4) is 0 Å². The molecule has 1 N–H and O–H groups in total. The van der Waals surface area contributed by atoms with E-state index < -0.39 is 0 Å². The molecule has 1 atom stereocenters. The highest BCUT2D eigenvalue weighted by Gasteiger charge is 2.32. The van der Waals surface area contributed by atoms with Gasteiger partial charge in [-0.2, -0.15) is 0 Å². The SMILES string of the molecule is CCCNc1nnc(C(=O)N2CCN3CCCCC3C2)s1. The second-order valence-corrected chi connectivity index (χ2v) is 6.75. The maximum absolute atomic E-state index is 12.5. The van der Waals surface area contributed by atoms with Gasteiger partial charge in [0, 0.05) is 32.2 Å². The van der Waals surface area contributed by atoms with Gasteiger partial charge in [0.2, 0.25) is 10.1 Å². The third-order valence-corrected chi connectivity index (χ3v) is 5.13. The average molecular weight is 309 g/mol. The number of hydrogen-bond acceptors (Lipinski definition) is 6. The molecule has 7 heteroatoms. The zero-order chi connectivity index (χ0) is 14.7. The molecule has 1 aromatic heterocycles. The van der Waals surface area contributed by atoms with Crippen LogP contribution in [-0.2, 0) is 0 Å². The number of carbonyl (C=O) groups is 1. The summed E-state index contributed by atoms with van der Waals surface area (Å²) in [7, 11) is 0. The molecular weight excluding hydrogens is 286 g/mol. The molecule has 0 spiro atoms. The van der Waals surface area contributed by atoms with Crippen LogP contribution in [0.2, 0.25) is 0 Å². The molecule has 0 aliphatic carbocycles. The van der Waals surface area contributed by atoms with Gasteiger partial charge in [0.15, 0.2) is 0 Å². The maximum atomic E-state index is 12.5.